The van der Waals surface area contributed by atoms with E-state index in [-0.39, 0.29) is 12.0 Å². The minimum absolute atomic E-state index is 0.133. The Morgan fingerprint density at radius 2 is 2.53 bits per heavy atom. The zero-order valence-corrected chi connectivity index (χ0v) is 12.2. The molecule has 1 aromatic heterocycles. The van der Waals surface area contributed by atoms with Gasteiger partial charge in [-0.1, -0.05) is 6.07 Å². The van der Waals surface area contributed by atoms with Crippen LogP contribution in [0.15, 0.2) is 17.5 Å². The van der Waals surface area contributed by atoms with Crippen LogP contribution in [0.1, 0.15) is 17.7 Å². The highest BCUT2D eigenvalue weighted by Gasteiger charge is 2.17. The topological polar surface area (TPSA) is 41.6 Å². The fraction of sp³-hybridized carbons (Fsp3) is 0.643. The number of hydrogen-bond donors (Lipinski definition) is 1. The van der Waals surface area contributed by atoms with Crippen molar-refractivity contribution < 1.29 is 9.53 Å². The zero-order chi connectivity index (χ0) is 13.5. The van der Waals surface area contributed by atoms with Gasteiger partial charge >= 0.3 is 0 Å². The lowest BCUT2D eigenvalue weighted by molar-refractivity contribution is -0.122. The minimum atomic E-state index is 0.133. The summed E-state index contributed by atoms with van der Waals surface area (Å²) in [5.41, 5.74) is 0. The highest BCUT2D eigenvalue weighted by molar-refractivity contribution is 7.09. The van der Waals surface area contributed by atoms with Crippen LogP contribution in [-0.2, 0) is 16.0 Å². The van der Waals surface area contributed by atoms with Crippen molar-refractivity contribution >= 4 is 17.2 Å². The van der Waals surface area contributed by atoms with E-state index >= 15 is 0 Å². The fourth-order valence-electron chi connectivity index (χ4n) is 2.18. The Labute approximate surface area is 118 Å². The first kappa shape index (κ1) is 14.5. The van der Waals surface area contributed by atoms with E-state index < -0.39 is 0 Å². The van der Waals surface area contributed by atoms with Gasteiger partial charge in [-0.05, 0) is 31.3 Å². The molecule has 1 saturated heterocycles. The van der Waals surface area contributed by atoms with E-state index in [9.17, 15) is 4.79 Å². The number of carbonyl (C=O) groups is 1. The lowest BCUT2D eigenvalue weighted by atomic mass is 10.2. The molecule has 1 aromatic rings. The third kappa shape index (κ3) is 5.30. The lowest BCUT2D eigenvalue weighted by Crippen LogP contribution is -2.45. The number of morpholine rings is 1. The standard InChI is InChI=1S/C14H22N2O2S/c1-16-7-8-18-12(11-16)10-15-14(17)6-2-4-13-5-3-9-19-13/h3,5,9,12H,2,4,6-8,10-11H2,1H3,(H,15,17)/t12-/m0/s1. The molecule has 0 aliphatic carbocycles. The van der Waals surface area contributed by atoms with Crippen LogP contribution in [-0.4, -0.2) is 50.2 Å². The Morgan fingerprint density at radius 1 is 1.63 bits per heavy atom. The van der Waals surface area contributed by atoms with Gasteiger partial charge < -0.3 is 15.0 Å². The molecular weight excluding hydrogens is 260 g/mol. The van der Waals surface area contributed by atoms with Gasteiger partial charge in [-0.15, -0.1) is 11.3 Å². The molecule has 0 saturated carbocycles. The highest BCUT2D eigenvalue weighted by atomic mass is 32.1. The average molecular weight is 282 g/mol. The third-order valence-corrected chi connectivity index (χ3v) is 4.21. The van der Waals surface area contributed by atoms with Crippen molar-refractivity contribution in [3.63, 3.8) is 0 Å². The molecular formula is C14H22N2O2S. The second kappa shape index (κ2) is 7.62. The molecule has 1 fully saturated rings. The van der Waals surface area contributed by atoms with Gasteiger partial charge in [0.05, 0.1) is 12.7 Å². The van der Waals surface area contributed by atoms with Gasteiger partial charge in [0, 0.05) is 30.9 Å². The van der Waals surface area contributed by atoms with Crippen molar-refractivity contribution in [1.82, 2.24) is 10.2 Å². The van der Waals surface area contributed by atoms with Crippen LogP contribution in [0.25, 0.3) is 0 Å². The normalized spacial score (nSPS) is 20.4. The fourth-order valence-corrected chi connectivity index (χ4v) is 2.94. The van der Waals surface area contributed by atoms with Crippen LogP contribution in [0.5, 0.6) is 0 Å². The number of aryl methyl sites for hydroxylation is 1. The van der Waals surface area contributed by atoms with Crippen molar-refractivity contribution in [3.05, 3.63) is 22.4 Å². The molecule has 0 radical (unpaired) electrons. The number of nitrogens with one attached hydrogen (secondary N) is 1. The maximum atomic E-state index is 11.7. The Morgan fingerprint density at radius 3 is 3.26 bits per heavy atom. The number of amides is 1. The number of nitrogens with zero attached hydrogens (tertiary/aromatic N) is 1. The van der Waals surface area contributed by atoms with E-state index in [1.54, 1.807) is 11.3 Å². The Bertz CT molecular complexity index is 381. The zero-order valence-electron chi connectivity index (χ0n) is 11.4. The summed E-state index contributed by atoms with van der Waals surface area (Å²) in [6, 6.07) is 4.17. The summed E-state index contributed by atoms with van der Waals surface area (Å²) in [5.74, 6) is 0.133. The second-order valence-corrected chi connectivity index (χ2v) is 6.02. The van der Waals surface area contributed by atoms with Crippen LogP contribution in [0.4, 0.5) is 0 Å². The molecule has 106 valence electrons. The number of hydrogen-bond acceptors (Lipinski definition) is 4. The molecule has 2 rings (SSSR count). The van der Waals surface area contributed by atoms with Crippen LogP contribution in [0.2, 0.25) is 0 Å². The van der Waals surface area contributed by atoms with E-state index in [0.29, 0.717) is 13.0 Å². The maximum absolute atomic E-state index is 11.7. The maximum Gasteiger partial charge on any atom is 0.220 e. The number of thiophene rings is 1. The summed E-state index contributed by atoms with van der Waals surface area (Å²) >= 11 is 1.75. The SMILES string of the molecule is CN1CCO[C@@H](CNC(=O)CCCc2cccs2)C1. The van der Waals surface area contributed by atoms with Gasteiger partial charge in [0.25, 0.3) is 0 Å². The summed E-state index contributed by atoms with van der Waals surface area (Å²) in [6.07, 6.45) is 2.64. The summed E-state index contributed by atoms with van der Waals surface area (Å²) < 4.78 is 5.61. The minimum Gasteiger partial charge on any atom is -0.374 e. The monoisotopic (exact) mass is 282 g/mol. The third-order valence-electron chi connectivity index (χ3n) is 3.28. The van der Waals surface area contributed by atoms with Crippen LogP contribution >= 0.6 is 11.3 Å². The van der Waals surface area contributed by atoms with Crippen molar-refractivity contribution in [2.75, 3.05) is 33.3 Å². The van der Waals surface area contributed by atoms with E-state index in [1.807, 2.05) is 0 Å². The highest BCUT2D eigenvalue weighted by Crippen LogP contribution is 2.11. The first-order valence-corrected chi connectivity index (χ1v) is 7.71. The predicted octanol–water partition coefficient (Wildman–Crippen LogP) is 1.52. The Balaban J connectivity index is 1.56. The molecule has 0 bridgehead atoms. The van der Waals surface area contributed by atoms with Crippen molar-refractivity contribution in [2.24, 2.45) is 0 Å². The molecule has 1 aliphatic rings. The molecule has 1 atom stereocenters. The summed E-state index contributed by atoms with van der Waals surface area (Å²) in [4.78, 5) is 15.3. The lowest BCUT2D eigenvalue weighted by Gasteiger charge is -2.30. The first-order valence-electron chi connectivity index (χ1n) is 6.83. The van der Waals surface area contributed by atoms with Crippen molar-refractivity contribution in [3.8, 4) is 0 Å². The molecule has 2 heterocycles. The first-order chi connectivity index (χ1) is 9.24. The number of carbonyl (C=O) groups excluding carboxylic acids is 1. The average Bonchev–Trinajstić information content (AvgIpc) is 2.90. The number of rotatable bonds is 6. The summed E-state index contributed by atoms with van der Waals surface area (Å²) in [6.45, 7) is 3.26. The molecule has 4 nitrogen and oxygen atoms in total. The largest absolute Gasteiger partial charge is 0.374 e. The molecule has 0 unspecified atom stereocenters. The van der Waals surface area contributed by atoms with Crippen LogP contribution in [0, 0.1) is 0 Å². The van der Waals surface area contributed by atoms with Gasteiger partial charge in [0.2, 0.25) is 5.91 Å². The molecule has 1 aliphatic heterocycles. The molecule has 19 heavy (non-hydrogen) atoms. The van der Waals surface area contributed by atoms with Crippen LogP contribution < -0.4 is 5.32 Å². The predicted molar refractivity (Wildman–Crippen MR) is 77.5 cm³/mol. The Hall–Kier alpha value is -0.910. The van der Waals surface area contributed by atoms with Gasteiger partial charge in [0.15, 0.2) is 0 Å². The van der Waals surface area contributed by atoms with E-state index in [4.69, 9.17) is 4.74 Å². The molecule has 1 N–H and O–H groups in total. The van der Waals surface area contributed by atoms with Crippen molar-refractivity contribution in [2.45, 2.75) is 25.4 Å². The van der Waals surface area contributed by atoms with Gasteiger partial charge in [0.1, 0.15) is 0 Å². The van der Waals surface area contributed by atoms with Crippen LogP contribution in [0.3, 0.4) is 0 Å². The molecule has 1 amide bonds. The quantitative estimate of drug-likeness (QED) is 0.860. The van der Waals surface area contributed by atoms with E-state index in [1.165, 1.54) is 4.88 Å². The van der Waals surface area contributed by atoms with Gasteiger partial charge in [-0.2, -0.15) is 0 Å². The van der Waals surface area contributed by atoms with Gasteiger partial charge in [-0.25, -0.2) is 0 Å². The smallest absolute Gasteiger partial charge is 0.220 e. The number of likely N-dealkylation sites (N-methyl/N-ethyl adjacent to an activating group) is 1. The molecule has 0 spiro atoms. The summed E-state index contributed by atoms with van der Waals surface area (Å²) in [5, 5.41) is 5.04. The summed E-state index contributed by atoms with van der Waals surface area (Å²) in [7, 11) is 2.08. The number of ether oxygens (including phenoxy) is 1. The van der Waals surface area contributed by atoms with Gasteiger partial charge in [-0.3, -0.25) is 4.79 Å². The van der Waals surface area contributed by atoms with E-state index in [2.05, 4.69) is 34.8 Å². The Kier molecular flexibility index (Phi) is 5.82. The molecule has 0 aromatic carbocycles. The van der Waals surface area contributed by atoms with E-state index in [0.717, 1.165) is 32.5 Å². The second-order valence-electron chi connectivity index (χ2n) is 4.99. The molecule has 5 heteroatoms. The van der Waals surface area contributed by atoms with Crippen molar-refractivity contribution in [1.29, 1.82) is 0 Å².